The molecule has 3 N–H and O–H groups in total. The van der Waals surface area contributed by atoms with Crippen molar-refractivity contribution in [3.63, 3.8) is 0 Å². The lowest BCUT2D eigenvalue weighted by Crippen LogP contribution is -2.24. The van der Waals surface area contributed by atoms with Crippen LogP contribution in [0.5, 0.6) is 0 Å². The van der Waals surface area contributed by atoms with Gasteiger partial charge in [-0.2, -0.15) is 0 Å². The van der Waals surface area contributed by atoms with Crippen LogP contribution in [0.1, 0.15) is 34.5 Å². The molecule has 0 spiro atoms. The first-order valence-corrected chi connectivity index (χ1v) is 6.11. The van der Waals surface area contributed by atoms with Gasteiger partial charge < -0.3 is 10.4 Å². The average Bonchev–Trinajstić information content (AvgIpc) is 2.94. The van der Waals surface area contributed by atoms with Crippen LogP contribution < -0.4 is 5.32 Å². The standard InChI is InChI=1S/C13H16N4O2/c1-2-11-15-12(17-16-11)13(19)14-7-9-3-5-10(8-18)6-4-9/h3-6,18H,2,7-8H2,1H3,(H,14,19)(H,15,16,17). The number of aliphatic hydroxyl groups is 1. The first kappa shape index (κ1) is 13.2. The Labute approximate surface area is 110 Å². The van der Waals surface area contributed by atoms with Crippen LogP contribution in [-0.2, 0) is 19.6 Å². The highest BCUT2D eigenvalue weighted by atomic mass is 16.3. The molecule has 6 heteroatoms. The summed E-state index contributed by atoms with van der Waals surface area (Å²) in [5.41, 5.74) is 1.80. The number of benzene rings is 1. The maximum Gasteiger partial charge on any atom is 0.291 e. The van der Waals surface area contributed by atoms with Crippen molar-refractivity contribution in [1.82, 2.24) is 20.5 Å². The predicted octanol–water partition coefficient (Wildman–Crippen LogP) is 0.789. The molecule has 0 atom stereocenters. The topological polar surface area (TPSA) is 90.9 Å². The van der Waals surface area contributed by atoms with Crippen LogP contribution in [0.4, 0.5) is 0 Å². The second kappa shape index (κ2) is 6.10. The summed E-state index contributed by atoms with van der Waals surface area (Å²) in [5.74, 6) is 0.545. The number of hydrogen-bond acceptors (Lipinski definition) is 4. The summed E-state index contributed by atoms with van der Waals surface area (Å²) < 4.78 is 0. The van der Waals surface area contributed by atoms with Gasteiger partial charge in [-0.3, -0.25) is 9.89 Å². The van der Waals surface area contributed by atoms with E-state index in [-0.39, 0.29) is 18.3 Å². The van der Waals surface area contributed by atoms with Crippen molar-refractivity contribution < 1.29 is 9.90 Å². The molecule has 19 heavy (non-hydrogen) atoms. The van der Waals surface area contributed by atoms with E-state index in [1.165, 1.54) is 0 Å². The first-order valence-electron chi connectivity index (χ1n) is 6.11. The second-order valence-corrected chi connectivity index (χ2v) is 4.12. The maximum absolute atomic E-state index is 11.8. The minimum atomic E-state index is -0.304. The Morgan fingerprint density at radius 2 is 2.00 bits per heavy atom. The molecular formula is C13H16N4O2. The Morgan fingerprint density at radius 1 is 1.32 bits per heavy atom. The van der Waals surface area contributed by atoms with Gasteiger partial charge >= 0.3 is 0 Å². The SMILES string of the molecule is CCc1nc(C(=O)NCc2ccc(CO)cc2)n[nH]1. The highest BCUT2D eigenvalue weighted by Gasteiger charge is 2.11. The van der Waals surface area contributed by atoms with Gasteiger partial charge in [0.15, 0.2) is 0 Å². The van der Waals surface area contributed by atoms with Crippen molar-refractivity contribution in [2.24, 2.45) is 0 Å². The van der Waals surface area contributed by atoms with Crippen molar-refractivity contribution in [2.75, 3.05) is 0 Å². The molecule has 0 saturated heterocycles. The quantitative estimate of drug-likeness (QED) is 0.741. The van der Waals surface area contributed by atoms with E-state index in [9.17, 15) is 4.79 Å². The van der Waals surface area contributed by atoms with Crippen LogP contribution in [-0.4, -0.2) is 26.2 Å². The van der Waals surface area contributed by atoms with E-state index in [0.717, 1.165) is 11.1 Å². The third kappa shape index (κ3) is 3.38. The van der Waals surface area contributed by atoms with Crippen molar-refractivity contribution in [3.8, 4) is 0 Å². The third-order valence-corrected chi connectivity index (χ3v) is 2.73. The zero-order valence-electron chi connectivity index (χ0n) is 10.7. The number of rotatable bonds is 5. The van der Waals surface area contributed by atoms with Crippen LogP contribution in [0.2, 0.25) is 0 Å². The number of nitrogens with one attached hydrogen (secondary N) is 2. The number of aromatic nitrogens is 3. The monoisotopic (exact) mass is 260 g/mol. The molecule has 6 nitrogen and oxygen atoms in total. The van der Waals surface area contributed by atoms with Crippen LogP contribution in [0.3, 0.4) is 0 Å². The summed E-state index contributed by atoms with van der Waals surface area (Å²) in [6, 6.07) is 7.37. The van der Waals surface area contributed by atoms with Crippen molar-refractivity contribution in [3.05, 3.63) is 47.0 Å². The van der Waals surface area contributed by atoms with Crippen LogP contribution in [0.25, 0.3) is 0 Å². The number of carbonyl (C=O) groups excluding carboxylic acids is 1. The number of carbonyl (C=O) groups is 1. The zero-order chi connectivity index (χ0) is 13.7. The molecule has 0 aliphatic heterocycles. The zero-order valence-corrected chi connectivity index (χ0v) is 10.7. The average molecular weight is 260 g/mol. The summed E-state index contributed by atoms with van der Waals surface area (Å²) in [6.45, 7) is 2.36. The number of H-pyrrole nitrogens is 1. The molecular weight excluding hydrogens is 244 g/mol. The van der Waals surface area contributed by atoms with Crippen molar-refractivity contribution >= 4 is 5.91 Å². The molecule has 1 aromatic heterocycles. The van der Waals surface area contributed by atoms with Gasteiger partial charge in [0.25, 0.3) is 5.91 Å². The minimum Gasteiger partial charge on any atom is -0.392 e. The maximum atomic E-state index is 11.8. The van der Waals surface area contributed by atoms with Gasteiger partial charge in [-0.05, 0) is 11.1 Å². The summed E-state index contributed by atoms with van der Waals surface area (Å²) in [7, 11) is 0. The van der Waals surface area contributed by atoms with Gasteiger partial charge in [-0.15, -0.1) is 5.10 Å². The third-order valence-electron chi connectivity index (χ3n) is 2.73. The Morgan fingerprint density at radius 3 is 2.58 bits per heavy atom. The molecule has 2 aromatic rings. The molecule has 100 valence electrons. The van der Waals surface area contributed by atoms with Crippen molar-refractivity contribution in [2.45, 2.75) is 26.5 Å². The molecule has 1 aromatic carbocycles. The Kier molecular flexibility index (Phi) is 4.25. The number of aryl methyl sites for hydroxylation is 1. The molecule has 0 aliphatic rings. The highest BCUT2D eigenvalue weighted by Crippen LogP contribution is 2.04. The van der Waals surface area contributed by atoms with Gasteiger partial charge in [-0.1, -0.05) is 31.2 Å². The van der Waals surface area contributed by atoms with E-state index in [1.54, 1.807) is 0 Å². The summed E-state index contributed by atoms with van der Waals surface area (Å²) in [5, 5.41) is 18.2. The number of nitrogens with zero attached hydrogens (tertiary/aromatic N) is 2. The Bertz CT molecular complexity index is 548. The molecule has 0 fully saturated rings. The van der Waals surface area contributed by atoms with Gasteiger partial charge in [0.2, 0.25) is 5.82 Å². The molecule has 2 rings (SSSR count). The largest absolute Gasteiger partial charge is 0.392 e. The number of aromatic amines is 1. The van der Waals surface area contributed by atoms with Crippen LogP contribution >= 0.6 is 0 Å². The lowest BCUT2D eigenvalue weighted by molar-refractivity contribution is 0.0941. The summed E-state index contributed by atoms with van der Waals surface area (Å²) in [6.07, 6.45) is 0.711. The fourth-order valence-corrected chi connectivity index (χ4v) is 1.58. The van der Waals surface area contributed by atoms with E-state index >= 15 is 0 Å². The van der Waals surface area contributed by atoms with Gasteiger partial charge in [0, 0.05) is 13.0 Å². The Balaban J connectivity index is 1.92. The van der Waals surface area contributed by atoms with Gasteiger partial charge in [0.1, 0.15) is 5.82 Å². The molecule has 1 heterocycles. The molecule has 0 aliphatic carbocycles. The van der Waals surface area contributed by atoms with Crippen molar-refractivity contribution in [1.29, 1.82) is 0 Å². The molecule has 0 unspecified atom stereocenters. The number of hydrogen-bond donors (Lipinski definition) is 3. The predicted molar refractivity (Wildman–Crippen MR) is 69.3 cm³/mol. The van der Waals surface area contributed by atoms with E-state index in [1.807, 2.05) is 31.2 Å². The van der Waals surface area contributed by atoms with Gasteiger partial charge in [0.05, 0.1) is 6.61 Å². The van der Waals surface area contributed by atoms with E-state index in [2.05, 4.69) is 20.5 Å². The molecule has 0 radical (unpaired) electrons. The van der Waals surface area contributed by atoms with E-state index in [4.69, 9.17) is 5.11 Å². The Hall–Kier alpha value is -2.21. The van der Waals surface area contributed by atoms with E-state index < -0.39 is 0 Å². The number of aliphatic hydroxyl groups excluding tert-OH is 1. The van der Waals surface area contributed by atoms with E-state index in [0.29, 0.717) is 18.8 Å². The molecule has 0 bridgehead atoms. The molecule has 0 saturated carbocycles. The van der Waals surface area contributed by atoms with Crippen LogP contribution in [0, 0.1) is 0 Å². The van der Waals surface area contributed by atoms with Gasteiger partial charge in [-0.25, -0.2) is 4.98 Å². The summed E-state index contributed by atoms with van der Waals surface area (Å²) in [4.78, 5) is 15.8. The van der Waals surface area contributed by atoms with Crippen LogP contribution in [0.15, 0.2) is 24.3 Å². The first-order chi connectivity index (χ1) is 9.22. The normalized spacial score (nSPS) is 10.4. The lowest BCUT2D eigenvalue weighted by atomic mass is 10.1. The highest BCUT2D eigenvalue weighted by molar-refractivity contribution is 5.90. The minimum absolute atomic E-state index is 0.0175. The summed E-state index contributed by atoms with van der Waals surface area (Å²) >= 11 is 0. The fourth-order valence-electron chi connectivity index (χ4n) is 1.58. The fraction of sp³-hybridized carbons (Fsp3) is 0.308. The smallest absolute Gasteiger partial charge is 0.291 e. The lowest BCUT2D eigenvalue weighted by Gasteiger charge is -2.03. The molecule has 1 amide bonds. The second-order valence-electron chi connectivity index (χ2n) is 4.12. The number of amides is 1.